The van der Waals surface area contributed by atoms with E-state index in [2.05, 4.69) is 13.2 Å². The summed E-state index contributed by atoms with van der Waals surface area (Å²) in [6.07, 6.45) is 1.67. The molecule has 1 aliphatic rings. The van der Waals surface area contributed by atoms with Crippen molar-refractivity contribution in [2.45, 2.75) is 33.1 Å². The molecule has 0 aliphatic heterocycles. The summed E-state index contributed by atoms with van der Waals surface area (Å²) in [4.78, 5) is 20.2. The molecular formula is C10H19NO3. The zero-order chi connectivity index (χ0) is 11.6. The third kappa shape index (κ3) is 7.46. The highest BCUT2D eigenvalue weighted by atomic mass is 16.6. The molecule has 1 rings (SSSR count). The Balaban J connectivity index is 0. The van der Waals surface area contributed by atoms with Gasteiger partial charge in [0.05, 0.1) is 0 Å². The largest absolute Gasteiger partial charge is 0.300 e. The van der Waals surface area contributed by atoms with Crippen LogP contribution in [0.5, 0.6) is 0 Å². The van der Waals surface area contributed by atoms with E-state index >= 15 is 0 Å². The van der Waals surface area contributed by atoms with Crippen molar-refractivity contribution in [3.05, 3.63) is 23.3 Å². The Labute approximate surface area is 85.2 Å². The monoisotopic (exact) mass is 201 g/mol. The lowest BCUT2D eigenvalue weighted by Gasteiger charge is -1.98. The zero-order valence-electron chi connectivity index (χ0n) is 8.99. The zero-order valence-corrected chi connectivity index (χ0v) is 8.99. The number of nitro groups is 1. The normalized spacial score (nSPS) is 18.7. The van der Waals surface area contributed by atoms with Gasteiger partial charge in [-0.25, -0.2) is 0 Å². The highest BCUT2D eigenvalue weighted by Gasteiger charge is 2.25. The van der Waals surface area contributed by atoms with E-state index in [0.717, 1.165) is 0 Å². The molecule has 82 valence electrons. The second kappa shape index (κ2) is 9.89. The molecule has 0 N–H and O–H groups in total. The van der Waals surface area contributed by atoms with E-state index in [1.807, 2.05) is 13.8 Å². The molecule has 14 heavy (non-hydrogen) atoms. The molecule has 4 heteroatoms. The first kappa shape index (κ1) is 15.3. The Morgan fingerprint density at radius 3 is 2.29 bits per heavy atom. The molecule has 0 spiro atoms. The average molecular weight is 201 g/mol. The minimum Gasteiger partial charge on any atom is -0.300 e. The summed E-state index contributed by atoms with van der Waals surface area (Å²) in [5, 5.41) is 9.96. The predicted molar refractivity (Wildman–Crippen MR) is 56.8 cm³/mol. The third-order valence-corrected chi connectivity index (χ3v) is 1.76. The fraction of sp³-hybridized carbons (Fsp3) is 0.700. The number of Topliss-reactive ketones (excluding diaryl/α,β-unsaturated/α-hetero) is 1. The van der Waals surface area contributed by atoms with Crippen molar-refractivity contribution < 1.29 is 9.72 Å². The van der Waals surface area contributed by atoms with Gasteiger partial charge in [0.25, 0.3) is 0 Å². The summed E-state index contributed by atoms with van der Waals surface area (Å²) in [7, 11) is 0. The Bertz CT molecular complexity index is 180. The van der Waals surface area contributed by atoms with Crippen molar-refractivity contribution in [3.63, 3.8) is 0 Å². The van der Waals surface area contributed by atoms with Gasteiger partial charge in [-0.1, -0.05) is 13.8 Å². The van der Waals surface area contributed by atoms with Crippen LogP contribution in [-0.2, 0) is 4.79 Å². The van der Waals surface area contributed by atoms with Gasteiger partial charge in [-0.15, -0.1) is 13.2 Å². The molecule has 1 fully saturated rings. The number of carbonyl (C=O) groups excluding carboxylic acids is 1. The summed E-state index contributed by atoms with van der Waals surface area (Å²) in [6, 6.07) is 0. The number of carbonyl (C=O) groups is 1. The van der Waals surface area contributed by atoms with Crippen LogP contribution in [0.3, 0.4) is 0 Å². The number of hydrogen-bond acceptors (Lipinski definition) is 3. The predicted octanol–water partition coefficient (Wildman–Crippen LogP) is 2.46. The van der Waals surface area contributed by atoms with Gasteiger partial charge in [0.15, 0.2) is 0 Å². The fourth-order valence-electron chi connectivity index (χ4n) is 1.26. The van der Waals surface area contributed by atoms with Gasteiger partial charge in [-0.2, -0.15) is 0 Å². The Kier molecular flexibility index (Phi) is 10.8. The van der Waals surface area contributed by atoms with Crippen LogP contribution in [0.4, 0.5) is 0 Å². The first-order chi connectivity index (χ1) is 6.68. The van der Waals surface area contributed by atoms with Crippen LogP contribution in [0, 0.1) is 16.0 Å². The number of rotatable bonds is 2. The van der Waals surface area contributed by atoms with Gasteiger partial charge in [-0.05, 0) is 6.42 Å². The fourth-order valence-corrected chi connectivity index (χ4v) is 1.26. The maximum absolute atomic E-state index is 10.6. The summed E-state index contributed by atoms with van der Waals surface area (Å²) in [5.74, 6) is 0.189. The molecule has 0 aromatic rings. The van der Waals surface area contributed by atoms with Gasteiger partial charge in [0, 0.05) is 23.7 Å². The van der Waals surface area contributed by atoms with Crippen LogP contribution < -0.4 is 0 Å². The third-order valence-electron chi connectivity index (χ3n) is 1.76. The van der Waals surface area contributed by atoms with Gasteiger partial charge < -0.3 is 0 Å². The van der Waals surface area contributed by atoms with Crippen LogP contribution in [0.15, 0.2) is 13.2 Å². The molecule has 1 saturated carbocycles. The van der Waals surface area contributed by atoms with E-state index in [9.17, 15) is 14.9 Å². The molecule has 0 unspecified atom stereocenters. The molecule has 0 aromatic heterocycles. The van der Waals surface area contributed by atoms with Crippen molar-refractivity contribution in [1.29, 1.82) is 0 Å². The van der Waals surface area contributed by atoms with Crippen molar-refractivity contribution in [2.24, 2.45) is 5.92 Å². The summed E-state index contributed by atoms with van der Waals surface area (Å²) in [6.45, 7) is 9.96. The molecule has 0 heterocycles. The van der Waals surface area contributed by atoms with Crippen molar-refractivity contribution >= 4 is 5.78 Å². The number of nitrogens with zero attached hydrogens (tertiary/aromatic N) is 1. The molecule has 1 aliphatic carbocycles. The SMILES string of the molecule is C=C.CC.O=C1CC[C@@H](C[N+](=O)[O-])C1. The molecule has 0 saturated heterocycles. The smallest absolute Gasteiger partial charge is 0.207 e. The summed E-state index contributed by atoms with van der Waals surface area (Å²) < 4.78 is 0. The van der Waals surface area contributed by atoms with Gasteiger partial charge in [0.1, 0.15) is 5.78 Å². The lowest BCUT2D eigenvalue weighted by atomic mass is 10.1. The van der Waals surface area contributed by atoms with Gasteiger partial charge >= 0.3 is 0 Å². The number of ketones is 1. The van der Waals surface area contributed by atoms with E-state index in [1.165, 1.54) is 0 Å². The van der Waals surface area contributed by atoms with Crippen LogP contribution in [0.1, 0.15) is 33.1 Å². The van der Waals surface area contributed by atoms with Crippen molar-refractivity contribution in [3.8, 4) is 0 Å². The topological polar surface area (TPSA) is 60.2 Å². The second-order valence-corrected chi connectivity index (χ2v) is 2.66. The minimum absolute atomic E-state index is 0.0162. The highest BCUT2D eigenvalue weighted by molar-refractivity contribution is 5.80. The van der Waals surface area contributed by atoms with E-state index in [4.69, 9.17) is 0 Å². The van der Waals surface area contributed by atoms with Crippen LogP contribution in [0.25, 0.3) is 0 Å². The summed E-state index contributed by atoms with van der Waals surface area (Å²) >= 11 is 0. The Morgan fingerprint density at radius 2 is 2.00 bits per heavy atom. The molecule has 1 atom stereocenters. The maximum atomic E-state index is 10.6. The molecular weight excluding hydrogens is 182 g/mol. The van der Waals surface area contributed by atoms with Crippen LogP contribution in [-0.4, -0.2) is 17.3 Å². The second-order valence-electron chi connectivity index (χ2n) is 2.66. The molecule has 0 amide bonds. The van der Waals surface area contributed by atoms with E-state index in [1.54, 1.807) is 0 Å². The standard InChI is InChI=1S/C6H9NO3.C2H6.C2H4/c8-6-2-1-5(3-6)4-7(9)10;2*1-2/h5H,1-4H2;1-2H3;1-2H2/t5-;;/m1../s1. The van der Waals surface area contributed by atoms with Crippen molar-refractivity contribution in [1.82, 2.24) is 0 Å². The van der Waals surface area contributed by atoms with E-state index in [-0.39, 0.29) is 23.2 Å². The quantitative estimate of drug-likeness (QED) is 0.391. The summed E-state index contributed by atoms with van der Waals surface area (Å²) in [5.41, 5.74) is 0. The van der Waals surface area contributed by atoms with Gasteiger partial charge in [-0.3, -0.25) is 14.9 Å². The van der Waals surface area contributed by atoms with Gasteiger partial charge in [0.2, 0.25) is 6.54 Å². The van der Waals surface area contributed by atoms with Crippen molar-refractivity contribution in [2.75, 3.05) is 6.54 Å². The Hall–Kier alpha value is -1.19. The molecule has 0 radical (unpaired) electrons. The van der Waals surface area contributed by atoms with Crippen LogP contribution in [0.2, 0.25) is 0 Å². The maximum Gasteiger partial charge on any atom is 0.207 e. The van der Waals surface area contributed by atoms with E-state index in [0.29, 0.717) is 19.3 Å². The minimum atomic E-state index is -0.344. The molecule has 0 aromatic carbocycles. The van der Waals surface area contributed by atoms with Crippen LogP contribution >= 0.6 is 0 Å². The Morgan fingerprint density at radius 1 is 1.50 bits per heavy atom. The molecule has 4 nitrogen and oxygen atoms in total. The number of hydrogen-bond donors (Lipinski definition) is 0. The van der Waals surface area contributed by atoms with E-state index < -0.39 is 0 Å². The lowest BCUT2D eigenvalue weighted by molar-refractivity contribution is -0.487. The lowest BCUT2D eigenvalue weighted by Crippen LogP contribution is -2.10. The highest BCUT2D eigenvalue weighted by Crippen LogP contribution is 2.21. The first-order valence-electron chi connectivity index (χ1n) is 4.82. The molecule has 0 bridgehead atoms. The average Bonchev–Trinajstić information content (AvgIpc) is 2.57. The first-order valence-corrected chi connectivity index (χ1v) is 4.82.